The molecule has 0 unspecified atom stereocenters. The molecule has 7 aromatic rings. The van der Waals surface area contributed by atoms with E-state index < -0.39 is 54.7 Å². The van der Waals surface area contributed by atoms with Crippen LogP contribution in [0.4, 0.5) is 16.2 Å². The number of hydrogen-bond donors (Lipinski definition) is 3. The Hall–Kier alpha value is -11.4. The van der Waals surface area contributed by atoms with Gasteiger partial charge in [0.15, 0.2) is 35.0 Å². The van der Waals surface area contributed by atoms with Crippen LogP contribution in [-0.2, 0) is 59.5 Å². The zero-order valence-corrected chi connectivity index (χ0v) is 64.4. The Balaban J connectivity index is 0.556. The van der Waals surface area contributed by atoms with E-state index in [1.165, 1.54) is 31.3 Å². The second-order valence-corrected chi connectivity index (χ2v) is 30.6. The summed E-state index contributed by atoms with van der Waals surface area (Å²) < 4.78 is 37.4. The Morgan fingerprint density at radius 3 is 2.12 bits per heavy atom. The number of carbonyl (C=O) groups is 9. The molecule has 7 amide bonds. The van der Waals surface area contributed by atoms with Crippen molar-refractivity contribution in [2.24, 2.45) is 11.3 Å². The number of nitrogens with one attached hydrogen (secondary N) is 2. The van der Waals surface area contributed by atoms with E-state index in [2.05, 4.69) is 20.9 Å². The maximum Gasteiger partial charge on any atom is 0.416 e. The third-order valence-corrected chi connectivity index (χ3v) is 23.1. The van der Waals surface area contributed by atoms with E-state index >= 15 is 0 Å². The highest BCUT2D eigenvalue weighted by atomic mass is 16.6. The van der Waals surface area contributed by atoms with Gasteiger partial charge in [-0.2, -0.15) is 0 Å². The minimum atomic E-state index is -1.48. The molecule has 7 aliphatic rings. The first kappa shape index (κ1) is 77.3. The lowest BCUT2D eigenvalue weighted by Crippen LogP contribution is -2.54. The number of rotatable bonds is 28. The van der Waals surface area contributed by atoms with Crippen LogP contribution in [0.15, 0.2) is 128 Å². The Labute approximate surface area is 650 Å². The lowest BCUT2D eigenvalue weighted by Gasteiger charge is -2.31. The lowest BCUT2D eigenvalue weighted by atomic mass is 9.91. The maximum absolute atomic E-state index is 14.6. The average Bonchev–Trinajstić information content (AvgIpc) is 1.53. The van der Waals surface area contributed by atoms with Gasteiger partial charge in [-0.05, 0) is 146 Å². The molecule has 6 aromatic carbocycles. The monoisotopic (exact) mass is 1520 g/mol. The molecular formula is C86H96N10O16. The summed E-state index contributed by atoms with van der Waals surface area (Å²) in [5.74, 6) is -0.946. The number of ketones is 2. The van der Waals surface area contributed by atoms with Crippen LogP contribution in [0.3, 0.4) is 0 Å². The number of aliphatic hydroxyl groups is 1. The number of aliphatic hydroxyl groups excluding tert-OH is 1. The van der Waals surface area contributed by atoms with E-state index in [1.807, 2.05) is 122 Å². The summed E-state index contributed by atoms with van der Waals surface area (Å²) in [7, 11) is 4.62. The first-order valence-electron chi connectivity index (χ1n) is 38.9. The fourth-order valence-corrected chi connectivity index (χ4v) is 16.4. The number of Topliss-reactive ketones (excluding diaryl/α,β-unsaturated/α-hetero) is 2. The zero-order valence-electron chi connectivity index (χ0n) is 64.4. The first-order chi connectivity index (χ1) is 54.1. The fourth-order valence-electron chi connectivity index (χ4n) is 16.4. The number of methoxy groups -OCH3 is 3. The van der Waals surface area contributed by atoms with E-state index in [-0.39, 0.29) is 140 Å². The predicted octanol–water partition coefficient (Wildman–Crippen LogP) is 11.2. The average molecular weight is 1530 g/mol. The Morgan fingerprint density at radius 2 is 1.40 bits per heavy atom. The van der Waals surface area contributed by atoms with Crippen molar-refractivity contribution in [3.05, 3.63) is 166 Å². The van der Waals surface area contributed by atoms with Crippen LogP contribution >= 0.6 is 0 Å². The van der Waals surface area contributed by atoms with Gasteiger partial charge in [0.2, 0.25) is 23.6 Å². The second-order valence-electron chi connectivity index (χ2n) is 30.6. The van der Waals surface area contributed by atoms with Gasteiger partial charge in [-0.25, -0.2) is 14.4 Å². The molecule has 1 aromatic heterocycles. The number of para-hydroxylation sites is 1. The normalized spacial score (nSPS) is 18.9. The molecule has 0 radical (unpaired) electrons. The van der Waals surface area contributed by atoms with Crippen LogP contribution in [0.25, 0.3) is 28.1 Å². The highest BCUT2D eigenvalue weighted by Crippen LogP contribution is 2.57. The number of fused-ring (bicyclic) bond motifs is 9. The van der Waals surface area contributed by atoms with E-state index in [0.717, 1.165) is 75.4 Å². The minimum Gasteiger partial charge on any atom is -0.497 e. The number of ether oxygens (including phenoxy) is 6. The molecule has 26 heteroatoms. The molecule has 6 atom stereocenters. The number of aryl methyl sites for hydroxylation is 1. The van der Waals surface area contributed by atoms with Gasteiger partial charge in [0, 0.05) is 92.7 Å². The molecule has 586 valence electrons. The number of nitrogens with zero attached hydrogens (tertiary/aromatic N) is 8. The van der Waals surface area contributed by atoms with Crippen molar-refractivity contribution in [2.75, 3.05) is 64.0 Å². The predicted molar refractivity (Wildman–Crippen MR) is 415 cm³/mol. The van der Waals surface area contributed by atoms with Crippen LogP contribution in [0.2, 0.25) is 0 Å². The molecule has 1 saturated carbocycles. The van der Waals surface area contributed by atoms with Crippen molar-refractivity contribution in [2.45, 2.75) is 174 Å². The van der Waals surface area contributed by atoms with Gasteiger partial charge in [0.25, 0.3) is 11.8 Å². The van der Waals surface area contributed by atoms with E-state index in [9.17, 15) is 48.3 Å². The van der Waals surface area contributed by atoms with Gasteiger partial charge < -0.3 is 63.8 Å². The van der Waals surface area contributed by atoms with Crippen LogP contribution in [0, 0.1) is 11.3 Å². The highest BCUT2D eigenvalue weighted by Gasteiger charge is 2.58. The van der Waals surface area contributed by atoms with Crippen LogP contribution in [-0.4, -0.2) is 172 Å². The number of benzene rings is 6. The third-order valence-electron chi connectivity index (χ3n) is 23.1. The molecule has 1 spiro atoms. The molecule has 3 N–H and O–H groups in total. The number of aromatic nitrogens is 3. The molecule has 3 fully saturated rings. The van der Waals surface area contributed by atoms with E-state index in [1.54, 1.807) is 47.2 Å². The van der Waals surface area contributed by atoms with Gasteiger partial charge >= 0.3 is 6.09 Å². The standard InChI is InChI=1S/C86H96N10O16/c1-8-52(4)78(88-81(102)67-19-13-36-91(67)77(101)46-87-75(99)32-28-60(97)29-33-76(100)93-47-57-15-9-10-16-62(57)80-79(89-90-96(80)51(2)3)63-17-11-12-18-66(63)93)70(98)39-53-20-22-54(23-21-53)49-112-85(106)95-68-44-74(72(109-7)43-65(68)83(104)94-50-86(34-35-86)45-69(94)84(95)105)111-38-14-37-110-73-41-56-24-27-59-40-58(55-25-30-61(107-5)31-26-55)48-92(59)82(103)64(56)42-71(73)108-6/h9-12,15-18,20-23,25-26,30-31,41-44,48,51-52,59,67,69,78,84,105H,8,13-14,19,24,27-29,32-40,45-47,49-50H2,1-7H3,(H,87,99)(H,88,102)/t52-,59+,67-,69-,78-,84-/m0/s1. The lowest BCUT2D eigenvalue weighted by molar-refractivity contribution is -0.139. The topological polar surface area (TPSA) is 300 Å². The van der Waals surface area contributed by atoms with Crippen LogP contribution in [0.5, 0.6) is 28.7 Å². The number of likely N-dealkylation sites (tertiary alicyclic amines) is 1. The van der Waals surface area contributed by atoms with Crippen molar-refractivity contribution in [1.29, 1.82) is 0 Å². The molecule has 14 rings (SSSR count). The Morgan fingerprint density at radius 1 is 0.705 bits per heavy atom. The number of hydrogen-bond acceptors (Lipinski definition) is 18. The van der Waals surface area contributed by atoms with Gasteiger partial charge in [-0.3, -0.25) is 38.4 Å². The van der Waals surface area contributed by atoms with Crippen molar-refractivity contribution < 1.29 is 76.7 Å². The van der Waals surface area contributed by atoms with Crippen molar-refractivity contribution >= 4 is 70.1 Å². The van der Waals surface area contributed by atoms with Gasteiger partial charge in [0.05, 0.1) is 82.3 Å². The fraction of sp³-hybridized carbons (Fsp3) is 0.430. The van der Waals surface area contributed by atoms with E-state index in [4.69, 9.17) is 28.4 Å². The Kier molecular flexibility index (Phi) is 23.0. The Bertz CT molecular complexity index is 4820. The van der Waals surface area contributed by atoms with Gasteiger partial charge in [0.1, 0.15) is 29.9 Å². The summed E-state index contributed by atoms with van der Waals surface area (Å²) in [5, 5.41) is 26.9. The highest BCUT2D eigenvalue weighted by molar-refractivity contribution is 6.07. The van der Waals surface area contributed by atoms with Crippen molar-refractivity contribution in [3.8, 4) is 51.3 Å². The second kappa shape index (κ2) is 33.3. The molecule has 7 heterocycles. The molecule has 0 bridgehead atoms. The largest absolute Gasteiger partial charge is 0.497 e. The van der Waals surface area contributed by atoms with Crippen LogP contribution < -0.4 is 44.1 Å². The summed E-state index contributed by atoms with van der Waals surface area (Å²) in [6.07, 6.45) is 5.21. The molecule has 2 saturated heterocycles. The molecule has 112 heavy (non-hydrogen) atoms. The molecule has 26 nitrogen and oxygen atoms in total. The van der Waals surface area contributed by atoms with Crippen molar-refractivity contribution in [3.63, 3.8) is 0 Å². The quantitative estimate of drug-likeness (QED) is 0.0384. The molecular weight excluding hydrogens is 1430 g/mol. The smallest absolute Gasteiger partial charge is 0.416 e. The number of amides is 7. The first-order valence-corrected chi connectivity index (χ1v) is 38.9. The summed E-state index contributed by atoms with van der Waals surface area (Å²) in [6, 6.07) is 34.3. The summed E-state index contributed by atoms with van der Waals surface area (Å²) in [4.78, 5) is 134. The number of carbonyl (C=O) groups excluding carboxylic acids is 9. The van der Waals surface area contributed by atoms with E-state index in [0.29, 0.717) is 84.6 Å². The number of anilines is 2. The van der Waals surface area contributed by atoms with Crippen molar-refractivity contribution in [1.82, 2.24) is 40.3 Å². The van der Waals surface area contributed by atoms with Gasteiger partial charge in [-0.1, -0.05) is 104 Å². The SMILES string of the molecule is CC[C@H](C)[C@H](NC(=O)[C@@H]1CCCN1C(=O)CNC(=O)CCC(=O)CCC(=O)N1Cc2ccccc2-c2c(nnn2C(C)C)-c2ccccc21)C(=O)Cc1ccc(COC(=O)N2c3cc(OCCCOc4cc5c(cc4OC)C(=O)N4C=C(c6ccc(OC)cc6)C[C@H]4CC5)c(OC)cc3C(=O)N3CC4(CC4)C[C@H]3[C@@H]2O)cc1. The minimum absolute atomic E-state index is 0.00487. The molecule has 6 aliphatic heterocycles. The maximum atomic E-state index is 14.6. The third kappa shape index (κ3) is 16.1. The summed E-state index contributed by atoms with van der Waals surface area (Å²) >= 11 is 0. The van der Waals surface area contributed by atoms with Gasteiger partial charge in [-0.15, -0.1) is 5.10 Å². The summed E-state index contributed by atoms with van der Waals surface area (Å²) in [5.41, 5.74) is 9.54. The summed E-state index contributed by atoms with van der Waals surface area (Å²) in [6.45, 7) is 8.48. The van der Waals surface area contributed by atoms with Crippen LogP contribution in [0.1, 0.15) is 166 Å². The zero-order chi connectivity index (χ0) is 78.6. The molecule has 1 aliphatic carbocycles.